The first-order chi connectivity index (χ1) is 16.0. The summed E-state index contributed by atoms with van der Waals surface area (Å²) in [7, 11) is 0. The molecular weight excluding hydrogens is 414 g/mol. The summed E-state index contributed by atoms with van der Waals surface area (Å²) in [6.07, 6.45) is 3.92. The minimum atomic E-state index is -0.0566. The predicted molar refractivity (Wildman–Crippen MR) is 133 cm³/mol. The number of hydrogen-bond donors (Lipinski definition) is 4. The first-order valence-electron chi connectivity index (χ1n) is 11.0. The third-order valence-electron chi connectivity index (χ3n) is 5.76. The summed E-state index contributed by atoms with van der Waals surface area (Å²) >= 11 is 0. The van der Waals surface area contributed by atoms with E-state index in [4.69, 9.17) is 22.0 Å². The largest absolute Gasteiger partial charge is 0.383 e. The highest BCUT2D eigenvalue weighted by Gasteiger charge is 2.30. The highest BCUT2D eigenvalue weighted by atomic mass is 16.2. The smallest absolute Gasteiger partial charge is 0.246 e. The Hall–Kier alpha value is -3.91. The van der Waals surface area contributed by atoms with E-state index in [0.717, 1.165) is 23.4 Å². The van der Waals surface area contributed by atoms with Crippen molar-refractivity contribution in [1.29, 1.82) is 5.41 Å². The van der Waals surface area contributed by atoms with Crippen molar-refractivity contribution < 1.29 is 4.79 Å². The van der Waals surface area contributed by atoms with Crippen LogP contribution in [0.5, 0.6) is 0 Å². The average Bonchev–Trinajstić information content (AvgIpc) is 3.43. The zero-order valence-electron chi connectivity index (χ0n) is 18.7. The van der Waals surface area contributed by atoms with Gasteiger partial charge in [0.1, 0.15) is 11.5 Å². The van der Waals surface area contributed by atoms with Gasteiger partial charge in [-0.2, -0.15) is 5.10 Å². The van der Waals surface area contributed by atoms with Gasteiger partial charge in [-0.1, -0.05) is 36.4 Å². The molecule has 3 aromatic rings. The number of rotatable bonds is 7. The molecule has 1 fully saturated rings. The number of nitrogens with two attached hydrogens (primary N) is 2. The van der Waals surface area contributed by atoms with Gasteiger partial charge >= 0.3 is 0 Å². The van der Waals surface area contributed by atoms with E-state index >= 15 is 0 Å². The lowest BCUT2D eigenvalue weighted by atomic mass is 10.0. The summed E-state index contributed by atoms with van der Waals surface area (Å²) in [6, 6.07) is 17.9. The molecule has 1 saturated heterocycles. The molecule has 1 aliphatic heterocycles. The number of nitrogens with zero attached hydrogens (tertiary/aromatic N) is 3. The quantitative estimate of drug-likeness (QED) is 0.328. The lowest BCUT2D eigenvalue weighted by molar-refractivity contribution is -0.125. The Labute approximate surface area is 193 Å². The average molecular weight is 444 g/mol. The van der Waals surface area contributed by atoms with Crippen molar-refractivity contribution >= 4 is 28.8 Å². The molecule has 0 saturated carbocycles. The van der Waals surface area contributed by atoms with Crippen molar-refractivity contribution in [2.75, 3.05) is 30.7 Å². The highest BCUT2D eigenvalue weighted by molar-refractivity contribution is 6.05. The number of carbonyl (C=O) groups is 1. The first kappa shape index (κ1) is 22.3. The molecule has 0 spiro atoms. The predicted octanol–water partition coefficient (Wildman–Crippen LogP) is 3.55. The van der Waals surface area contributed by atoms with Gasteiger partial charge in [0.25, 0.3) is 0 Å². The molecule has 8 nitrogen and oxygen atoms in total. The molecule has 33 heavy (non-hydrogen) atoms. The molecule has 170 valence electrons. The fourth-order valence-electron chi connectivity index (χ4n) is 4.11. The van der Waals surface area contributed by atoms with Crippen LogP contribution in [-0.2, 0) is 4.79 Å². The molecule has 0 bridgehead atoms. The van der Waals surface area contributed by atoms with Crippen molar-refractivity contribution in [2.24, 2.45) is 5.73 Å². The second-order valence-electron chi connectivity index (χ2n) is 8.11. The third kappa shape index (κ3) is 4.80. The van der Waals surface area contributed by atoms with Gasteiger partial charge in [-0.3, -0.25) is 4.79 Å². The Kier molecular flexibility index (Phi) is 6.55. The summed E-state index contributed by atoms with van der Waals surface area (Å²) in [5.74, 6) is 0.402. The molecule has 0 aliphatic carbocycles. The van der Waals surface area contributed by atoms with E-state index in [1.165, 1.54) is 6.08 Å². The number of aromatic nitrogens is 2. The number of carbonyl (C=O) groups excluding carboxylic acids is 1. The molecule has 6 N–H and O–H groups in total. The van der Waals surface area contributed by atoms with Gasteiger partial charge < -0.3 is 27.1 Å². The minimum absolute atomic E-state index is 0.0360. The first-order valence-corrected chi connectivity index (χ1v) is 11.0. The van der Waals surface area contributed by atoms with Gasteiger partial charge in [0.15, 0.2) is 0 Å². The minimum Gasteiger partial charge on any atom is -0.383 e. The van der Waals surface area contributed by atoms with Gasteiger partial charge in [-0.25, -0.2) is 4.68 Å². The summed E-state index contributed by atoms with van der Waals surface area (Å²) in [5.41, 5.74) is 16.4. The number of amides is 1. The summed E-state index contributed by atoms with van der Waals surface area (Å²) in [4.78, 5) is 14.1. The second kappa shape index (κ2) is 9.70. The van der Waals surface area contributed by atoms with Crippen LogP contribution >= 0.6 is 0 Å². The maximum absolute atomic E-state index is 12.3. The third-order valence-corrected chi connectivity index (χ3v) is 5.76. The summed E-state index contributed by atoms with van der Waals surface area (Å²) in [6.45, 7) is 3.20. The Morgan fingerprint density at radius 1 is 1.18 bits per heavy atom. The van der Waals surface area contributed by atoms with Crippen LogP contribution in [-0.4, -0.2) is 45.9 Å². The van der Waals surface area contributed by atoms with E-state index in [9.17, 15) is 4.79 Å². The number of anilines is 3. The van der Waals surface area contributed by atoms with Crippen LogP contribution in [0.25, 0.3) is 11.3 Å². The van der Waals surface area contributed by atoms with Gasteiger partial charge in [0, 0.05) is 48.4 Å². The van der Waals surface area contributed by atoms with Gasteiger partial charge in [-0.15, -0.1) is 0 Å². The van der Waals surface area contributed by atoms with Crippen molar-refractivity contribution in [1.82, 2.24) is 14.7 Å². The molecule has 1 aromatic heterocycles. The lowest BCUT2D eigenvalue weighted by Gasteiger charge is -2.15. The van der Waals surface area contributed by atoms with Crippen molar-refractivity contribution in [3.05, 3.63) is 72.3 Å². The number of nitrogens with one attached hydrogen (secondary N) is 2. The summed E-state index contributed by atoms with van der Waals surface area (Å²) in [5, 5.41) is 16.5. The Morgan fingerprint density at radius 2 is 1.88 bits per heavy atom. The van der Waals surface area contributed by atoms with Crippen LogP contribution < -0.4 is 16.8 Å². The molecule has 2 heterocycles. The number of benzene rings is 2. The maximum atomic E-state index is 12.3. The molecule has 8 heteroatoms. The number of nitrogen functional groups attached to an aromatic ring is 1. The molecule has 1 atom stereocenters. The second-order valence-corrected chi connectivity index (χ2v) is 8.11. The fourth-order valence-corrected chi connectivity index (χ4v) is 4.11. The zero-order valence-corrected chi connectivity index (χ0v) is 18.7. The van der Waals surface area contributed by atoms with Crippen LogP contribution in [0.1, 0.15) is 24.9 Å². The molecule has 4 rings (SSSR count). The lowest BCUT2D eigenvalue weighted by Crippen LogP contribution is -2.28. The number of likely N-dealkylation sites (tertiary alicyclic amines) is 1. The monoisotopic (exact) mass is 443 g/mol. The van der Waals surface area contributed by atoms with E-state index in [1.54, 1.807) is 22.6 Å². The molecule has 1 aliphatic rings. The topological polar surface area (TPSA) is 126 Å². The van der Waals surface area contributed by atoms with Crippen LogP contribution in [0.4, 0.5) is 17.2 Å². The molecule has 1 unspecified atom stereocenters. The van der Waals surface area contributed by atoms with Crippen LogP contribution in [0.15, 0.2) is 66.7 Å². The van der Waals surface area contributed by atoms with E-state index < -0.39 is 0 Å². The van der Waals surface area contributed by atoms with E-state index in [2.05, 4.69) is 5.32 Å². The van der Waals surface area contributed by atoms with E-state index in [-0.39, 0.29) is 11.9 Å². The Morgan fingerprint density at radius 3 is 2.55 bits per heavy atom. The van der Waals surface area contributed by atoms with Gasteiger partial charge in [-0.05, 0) is 37.6 Å². The molecular formula is C25H29N7O. The Bertz CT molecular complexity index is 1170. The van der Waals surface area contributed by atoms with E-state index in [0.29, 0.717) is 42.4 Å². The highest BCUT2D eigenvalue weighted by Crippen LogP contribution is 2.33. The van der Waals surface area contributed by atoms with E-state index in [1.807, 2.05) is 54.6 Å². The molecule has 1 amide bonds. The van der Waals surface area contributed by atoms with Gasteiger partial charge in [0.2, 0.25) is 5.91 Å². The number of para-hydroxylation sites is 1. The molecule has 2 aromatic carbocycles. The standard InChI is InChI=1S/C25H29N7O/c1-17(27)23-24(18-9-11-20(12-10-18)29-19-6-3-2-4-7-19)30-32(25(23)28)21-13-15-31(16-21)22(33)8-5-14-26/h2-12,21,27,29H,13-16,26,28H2,1H3/b8-5+,27-17?. The van der Waals surface area contributed by atoms with Crippen molar-refractivity contribution in [2.45, 2.75) is 19.4 Å². The molecule has 0 radical (unpaired) electrons. The SMILES string of the molecule is CC(=N)c1c(-c2ccc(Nc3ccccc3)cc2)nn(C2CCN(C(=O)/C=C/CN)C2)c1N. The zero-order chi connectivity index (χ0) is 23.4. The summed E-state index contributed by atoms with van der Waals surface area (Å²) < 4.78 is 1.78. The van der Waals surface area contributed by atoms with Crippen LogP contribution in [0, 0.1) is 5.41 Å². The van der Waals surface area contributed by atoms with Crippen LogP contribution in [0.2, 0.25) is 0 Å². The Balaban J connectivity index is 1.58. The van der Waals surface area contributed by atoms with Crippen LogP contribution in [0.3, 0.4) is 0 Å². The van der Waals surface area contributed by atoms with Gasteiger partial charge in [0.05, 0.1) is 11.6 Å². The van der Waals surface area contributed by atoms with Crippen molar-refractivity contribution in [3.63, 3.8) is 0 Å². The number of hydrogen-bond acceptors (Lipinski definition) is 6. The normalized spacial score (nSPS) is 15.8. The fraction of sp³-hybridized carbons (Fsp3) is 0.240. The van der Waals surface area contributed by atoms with Crippen molar-refractivity contribution in [3.8, 4) is 11.3 Å². The maximum Gasteiger partial charge on any atom is 0.246 e.